The van der Waals surface area contributed by atoms with Crippen LogP contribution in [0.25, 0.3) is 0 Å². The lowest BCUT2D eigenvalue weighted by atomic mass is 9.69. The molecule has 0 saturated heterocycles. The Morgan fingerprint density at radius 2 is 1.43 bits per heavy atom. The van der Waals surface area contributed by atoms with Gasteiger partial charge in [-0.25, -0.2) is 0 Å². The van der Waals surface area contributed by atoms with Gasteiger partial charge in [0.25, 0.3) is 0 Å². The van der Waals surface area contributed by atoms with Crippen LogP contribution in [0.1, 0.15) is 84.5 Å². The van der Waals surface area contributed by atoms with Gasteiger partial charge >= 0.3 is 5.97 Å². The molecule has 2 aliphatic carbocycles. The van der Waals surface area contributed by atoms with E-state index in [0.29, 0.717) is 5.75 Å². The molecule has 28 heavy (non-hydrogen) atoms. The predicted octanol–water partition coefficient (Wildman–Crippen LogP) is 6.79. The Kier molecular flexibility index (Phi) is 8.24. The molecule has 3 heteroatoms. The quantitative estimate of drug-likeness (QED) is 0.280. The van der Waals surface area contributed by atoms with Crippen LogP contribution in [-0.4, -0.2) is 12.6 Å². The molecule has 0 heterocycles. The molecule has 0 amide bonds. The third kappa shape index (κ3) is 5.99. The zero-order chi connectivity index (χ0) is 19.8. The Morgan fingerprint density at radius 3 is 2.00 bits per heavy atom. The van der Waals surface area contributed by atoms with E-state index in [1.807, 2.05) is 24.3 Å². The van der Waals surface area contributed by atoms with Crippen LogP contribution in [0.4, 0.5) is 0 Å². The fourth-order valence-corrected chi connectivity index (χ4v) is 5.03. The van der Waals surface area contributed by atoms with Crippen LogP contribution in [0.15, 0.2) is 24.3 Å². The second-order valence-electron chi connectivity index (χ2n) is 8.90. The number of benzene rings is 1. The fourth-order valence-electron chi connectivity index (χ4n) is 5.03. The van der Waals surface area contributed by atoms with Gasteiger partial charge < -0.3 is 9.47 Å². The largest absolute Gasteiger partial charge is 0.494 e. The van der Waals surface area contributed by atoms with E-state index in [9.17, 15) is 4.79 Å². The van der Waals surface area contributed by atoms with Gasteiger partial charge in [-0.3, -0.25) is 4.79 Å². The molecule has 1 aromatic rings. The summed E-state index contributed by atoms with van der Waals surface area (Å²) in [5.41, 5.74) is 0. The molecule has 2 fully saturated rings. The molecule has 0 atom stereocenters. The van der Waals surface area contributed by atoms with Crippen molar-refractivity contribution in [3.63, 3.8) is 0 Å². The Morgan fingerprint density at radius 1 is 0.857 bits per heavy atom. The van der Waals surface area contributed by atoms with Crippen molar-refractivity contribution in [2.45, 2.75) is 84.5 Å². The fraction of sp³-hybridized carbons (Fsp3) is 0.720. The first-order chi connectivity index (χ1) is 13.7. The normalized spacial score (nSPS) is 27.9. The second-order valence-corrected chi connectivity index (χ2v) is 8.90. The summed E-state index contributed by atoms with van der Waals surface area (Å²) >= 11 is 0. The maximum absolute atomic E-state index is 12.6. The van der Waals surface area contributed by atoms with E-state index in [0.717, 1.165) is 55.8 Å². The molecule has 1 aromatic carbocycles. The van der Waals surface area contributed by atoms with E-state index in [-0.39, 0.29) is 11.9 Å². The Bertz CT molecular complexity index is 578. The van der Waals surface area contributed by atoms with Crippen molar-refractivity contribution in [2.75, 3.05) is 6.61 Å². The Hall–Kier alpha value is -1.51. The van der Waals surface area contributed by atoms with E-state index in [1.165, 1.54) is 44.9 Å². The van der Waals surface area contributed by atoms with Gasteiger partial charge in [0.15, 0.2) is 0 Å². The number of esters is 1. The van der Waals surface area contributed by atoms with Gasteiger partial charge in [-0.05, 0) is 87.0 Å². The Labute approximate surface area is 171 Å². The minimum Gasteiger partial charge on any atom is -0.494 e. The van der Waals surface area contributed by atoms with Gasteiger partial charge in [-0.2, -0.15) is 0 Å². The van der Waals surface area contributed by atoms with Crippen molar-refractivity contribution in [2.24, 2.45) is 23.7 Å². The average Bonchev–Trinajstić information content (AvgIpc) is 2.75. The summed E-state index contributed by atoms with van der Waals surface area (Å²) in [5.74, 6) is 4.20. The predicted molar refractivity (Wildman–Crippen MR) is 114 cm³/mol. The molecule has 0 spiro atoms. The highest BCUT2D eigenvalue weighted by molar-refractivity contribution is 5.75. The van der Waals surface area contributed by atoms with Gasteiger partial charge in [-0.1, -0.05) is 39.5 Å². The number of ether oxygens (including phenoxy) is 2. The monoisotopic (exact) mass is 386 g/mol. The lowest BCUT2D eigenvalue weighted by molar-refractivity contribution is -0.140. The first-order valence-corrected chi connectivity index (χ1v) is 11.6. The van der Waals surface area contributed by atoms with Crippen LogP contribution < -0.4 is 9.47 Å². The molecule has 2 aliphatic rings. The summed E-state index contributed by atoms with van der Waals surface area (Å²) in [6, 6.07) is 7.47. The third-order valence-electron chi connectivity index (χ3n) is 7.05. The first-order valence-electron chi connectivity index (χ1n) is 11.6. The van der Waals surface area contributed by atoms with E-state index < -0.39 is 0 Å². The van der Waals surface area contributed by atoms with E-state index in [2.05, 4.69) is 13.8 Å². The van der Waals surface area contributed by atoms with Crippen LogP contribution in [0.2, 0.25) is 0 Å². The smallest absolute Gasteiger partial charge is 0.314 e. The zero-order valence-electron chi connectivity index (χ0n) is 17.8. The second kappa shape index (κ2) is 10.9. The van der Waals surface area contributed by atoms with Crippen molar-refractivity contribution in [1.82, 2.24) is 0 Å². The topological polar surface area (TPSA) is 35.5 Å². The van der Waals surface area contributed by atoms with Crippen LogP contribution in [0, 0.1) is 23.7 Å². The zero-order valence-corrected chi connectivity index (χ0v) is 17.8. The summed E-state index contributed by atoms with van der Waals surface area (Å²) < 4.78 is 11.3. The molecule has 0 bridgehead atoms. The minimum absolute atomic E-state index is 0.0483. The van der Waals surface area contributed by atoms with Gasteiger partial charge in [0, 0.05) is 0 Å². The maximum atomic E-state index is 12.6. The summed E-state index contributed by atoms with van der Waals surface area (Å²) in [4.78, 5) is 12.6. The number of carbonyl (C=O) groups is 1. The van der Waals surface area contributed by atoms with Crippen molar-refractivity contribution in [1.29, 1.82) is 0 Å². The summed E-state index contributed by atoms with van der Waals surface area (Å²) in [5, 5.41) is 0. The van der Waals surface area contributed by atoms with Crippen LogP contribution >= 0.6 is 0 Å². The molecule has 0 aromatic heterocycles. The SMILES string of the molecule is CCCCOc1ccc(OC(=O)C2CCC(C3CCC(CC)CC3)CC2)cc1. The van der Waals surface area contributed by atoms with Crippen LogP contribution in [0.3, 0.4) is 0 Å². The highest BCUT2D eigenvalue weighted by atomic mass is 16.5. The molecule has 0 aliphatic heterocycles. The van der Waals surface area contributed by atoms with E-state index in [1.54, 1.807) is 0 Å². The first kappa shape index (κ1) is 21.2. The summed E-state index contributed by atoms with van der Waals surface area (Å²) in [6.07, 6.45) is 13.6. The molecule has 3 nitrogen and oxygen atoms in total. The van der Waals surface area contributed by atoms with Crippen molar-refractivity contribution < 1.29 is 14.3 Å². The highest BCUT2D eigenvalue weighted by Crippen LogP contribution is 2.42. The molecule has 2 saturated carbocycles. The van der Waals surface area contributed by atoms with Crippen molar-refractivity contribution >= 4 is 5.97 Å². The summed E-state index contributed by atoms with van der Waals surface area (Å²) in [7, 11) is 0. The lowest BCUT2D eigenvalue weighted by Gasteiger charge is -2.37. The van der Waals surface area contributed by atoms with E-state index in [4.69, 9.17) is 9.47 Å². The third-order valence-corrected chi connectivity index (χ3v) is 7.05. The number of rotatable bonds is 8. The summed E-state index contributed by atoms with van der Waals surface area (Å²) in [6.45, 7) is 5.21. The van der Waals surface area contributed by atoms with Gasteiger partial charge in [0.2, 0.25) is 0 Å². The molecule has 156 valence electrons. The van der Waals surface area contributed by atoms with Gasteiger partial charge in [-0.15, -0.1) is 0 Å². The standard InChI is InChI=1S/C25H38O3/c1-3-5-18-27-23-14-16-24(17-15-23)28-25(26)22-12-10-21(11-13-22)20-8-6-19(4-2)7-9-20/h14-17,19-22H,3-13,18H2,1-2H3. The molecule has 0 N–H and O–H groups in total. The minimum atomic E-state index is -0.0483. The van der Waals surface area contributed by atoms with Crippen LogP contribution in [0.5, 0.6) is 11.5 Å². The molecule has 0 radical (unpaired) electrons. The van der Waals surface area contributed by atoms with Crippen LogP contribution in [-0.2, 0) is 4.79 Å². The number of hydrogen-bond donors (Lipinski definition) is 0. The van der Waals surface area contributed by atoms with Gasteiger partial charge in [0.05, 0.1) is 12.5 Å². The number of unbranched alkanes of at least 4 members (excludes halogenated alkanes) is 1. The number of carbonyl (C=O) groups excluding carboxylic acids is 1. The van der Waals surface area contributed by atoms with E-state index >= 15 is 0 Å². The molecule has 0 unspecified atom stereocenters. The number of hydrogen-bond acceptors (Lipinski definition) is 3. The lowest BCUT2D eigenvalue weighted by Crippen LogP contribution is -2.30. The highest BCUT2D eigenvalue weighted by Gasteiger charge is 2.33. The van der Waals surface area contributed by atoms with Crippen molar-refractivity contribution in [3.05, 3.63) is 24.3 Å². The Balaban J connectivity index is 1.40. The van der Waals surface area contributed by atoms with Crippen molar-refractivity contribution in [3.8, 4) is 11.5 Å². The van der Waals surface area contributed by atoms with Gasteiger partial charge in [0.1, 0.15) is 11.5 Å². The maximum Gasteiger partial charge on any atom is 0.314 e. The molecular formula is C25H38O3. The molecular weight excluding hydrogens is 348 g/mol. The molecule has 3 rings (SSSR count). The average molecular weight is 387 g/mol.